The molecule has 0 aliphatic carbocycles. The van der Waals surface area contributed by atoms with Crippen LogP contribution in [0.25, 0.3) is 0 Å². The van der Waals surface area contributed by atoms with Crippen LogP contribution in [-0.4, -0.2) is 20.4 Å². The molecule has 0 rings (SSSR count). The third kappa shape index (κ3) is 25.2. The summed E-state index contributed by atoms with van der Waals surface area (Å²) in [5, 5.41) is 7.99. The van der Waals surface area contributed by atoms with Crippen molar-refractivity contribution in [3.05, 3.63) is 0 Å². The maximum Gasteiger partial charge on any atom is 0.305 e. The summed E-state index contributed by atoms with van der Waals surface area (Å²) < 4.78 is 0.788. The Kier molecular flexibility index (Phi) is 21.5. The molecular formula is C17H34O2S3. The zero-order valence-corrected chi connectivity index (χ0v) is 17.0. The molecule has 5 heteroatoms. The fourth-order valence-corrected chi connectivity index (χ4v) is 2.80. The second kappa shape index (κ2) is 19.3. The zero-order chi connectivity index (χ0) is 17.2. The maximum atomic E-state index is 9.70. The van der Waals surface area contributed by atoms with E-state index in [1.54, 1.807) is 25.6 Å². The first-order valence-electron chi connectivity index (χ1n) is 8.50. The van der Waals surface area contributed by atoms with Crippen LogP contribution in [0.1, 0.15) is 85.0 Å². The number of thiocarbonyl (C=S) groups is 1. The fourth-order valence-electron chi connectivity index (χ4n) is 1.75. The molecule has 0 unspecified atom stereocenters. The smallest absolute Gasteiger partial charge is 0.305 e. The van der Waals surface area contributed by atoms with Crippen molar-refractivity contribution in [2.45, 2.75) is 85.0 Å². The lowest BCUT2D eigenvalue weighted by atomic mass is 10.1. The molecule has 0 aromatic heterocycles. The number of hydrogen-bond donors (Lipinski definition) is 2. The molecule has 0 saturated carbocycles. The topological polar surface area (TPSA) is 37.3 Å². The van der Waals surface area contributed by atoms with Gasteiger partial charge in [0.05, 0.1) is 5.92 Å². The molecule has 0 heterocycles. The SMILES string of the molecule is CC(C)C(=O)O.CCCCCCCCCCCCSC(=S)S. The molecule has 0 aromatic rings. The van der Waals surface area contributed by atoms with Crippen LogP contribution in [0.5, 0.6) is 0 Å². The summed E-state index contributed by atoms with van der Waals surface area (Å²) in [6.07, 6.45) is 14.0. The summed E-state index contributed by atoms with van der Waals surface area (Å²) in [7, 11) is 0. The number of carboxylic acid groups (broad SMARTS) is 1. The molecule has 0 radical (unpaired) electrons. The van der Waals surface area contributed by atoms with Crippen LogP contribution < -0.4 is 0 Å². The Balaban J connectivity index is 0. The van der Waals surface area contributed by atoms with Gasteiger partial charge >= 0.3 is 5.97 Å². The van der Waals surface area contributed by atoms with Gasteiger partial charge in [0, 0.05) is 0 Å². The van der Waals surface area contributed by atoms with Crippen molar-refractivity contribution in [2.75, 3.05) is 5.75 Å². The second-order valence-electron chi connectivity index (χ2n) is 5.79. The summed E-state index contributed by atoms with van der Waals surface area (Å²) in [6, 6.07) is 0. The third-order valence-corrected chi connectivity index (χ3v) is 4.70. The molecule has 1 N–H and O–H groups in total. The Bertz CT molecular complexity index is 269. The van der Waals surface area contributed by atoms with E-state index in [4.69, 9.17) is 17.3 Å². The van der Waals surface area contributed by atoms with Gasteiger partial charge in [-0.1, -0.05) is 90.8 Å². The number of thioether (sulfide) groups is 1. The van der Waals surface area contributed by atoms with E-state index in [-0.39, 0.29) is 5.92 Å². The first-order valence-corrected chi connectivity index (χ1v) is 10.3. The quantitative estimate of drug-likeness (QED) is 0.232. The van der Waals surface area contributed by atoms with E-state index >= 15 is 0 Å². The molecule has 0 aliphatic heterocycles. The maximum absolute atomic E-state index is 9.70. The van der Waals surface area contributed by atoms with Gasteiger partial charge in [0.25, 0.3) is 0 Å². The molecule has 2 nitrogen and oxygen atoms in total. The lowest BCUT2D eigenvalue weighted by Gasteiger charge is -2.01. The standard InChI is InChI=1S/C13H26S3.C4H8O2/c1-2-3-4-5-6-7-8-9-10-11-12-16-13(14)15;1-3(2)4(5)6/h2-12H2,1H3,(H,14,15);3H,1-2H3,(H,5,6). The minimum absolute atomic E-state index is 0.231. The third-order valence-electron chi connectivity index (χ3n) is 3.22. The Morgan fingerprint density at radius 2 is 1.36 bits per heavy atom. The highest BCUT2D eigenvalue weighted by Crippen LogP contribution is 2.14. The van der Waals surface area contributed by atoms with Crippen LogP contribution in [0.2, 0.25) is 0 Å². The first-order chi connectivity index (χ1) is 10.4. The van der Waals surface area contributed by atoms with Crippen LogP contribution in [-0.2, 0) is 4.79 Å². The second-order valence-corrected chi connectivity index (χ2v) is 8.61. The van der Waals surface area contributed by atoms with Gasteiger partial charge in [-0.05, 0) is 12.2 Å². The molecule has 0 aliphatic rings. The molecule has 0 atom stereocenters. The Morgan fingerprint density at radius 3 is 1.68 bits per heavy atom. The van der Waals surface area contributed by atoms with E-state index in [0.717, 1.165) is 9.28 Å². The molecule has 22 heavy (non-hydrogen) atoms. The van der Waals surface area contributed by atoms with Gasteiger partial charge in [-0.3, -0.25) is 4.79 Å². The van der Waals surface area contributed by atoms with Crippen molar-refractivity contribution in [2.24, 2.45) is 5.92 Å². The van der Waals surface area contributed by atoms with Crippen molar-refractivity contribution in [3.8, 4) is 0 Å². The zero-order valence-electron chi connectivity index (χ0n) is 14.5. The number of rotatable bonds is 12. The fraction of sp³-hybridized carbons (Fsp3) is 0.882. The van der Waals surface area contributed by atoms with E-state index in [1.807, 2.05) is 0 Å². The van der Waals surface area contributed by atoms with Crippen molar-refractivity contribution in [1.82, 2.24) is 0 Å². The lowest BCUT2D eigenvalue weighted by Crippen LogP contribution is -2.03. The van der Waals surface area contributed by atoms with Crippen LogP contribution >= 0.6 is 36.6 Å². The largest absolute Gasteiger partial charge is 0.481 e. The average molecular weight is 367 g/mol. The Morgan fingerprint density at radius 1 is 1.00 bits per heavy atom. The minimum Gasteiger partial charge on any atom is -0.481 e. The van der Waals surface area contributed by atoms with E-state index in [2.05, 4.69) is 19.6 Å². The summed E-state index contributed by atoms with van der Waals surface area (Å²) in [6.45, 7) is 5.55. The van der Waals surface area contributed by atoms with E-state index < -0.39 is 5.97 Å². The molecule has 0 fully saturated rings. The first kappa shape index (κ1) is 24.5. The molecule has 0 aromatic carbocycles. The summed E-state index contributed by atoms with van der Waals surface area (Å²) in [5.41, 5.74) is 0. The molecule has 0 bridgehead atoms. The highest BCUT2D eigenvalue weighted by atomic mass is 32.2. The summed E-state index contributed by atoms with van der Waals surface area (Å²) in [5.74, 6) is 0.179. The predicted octanol–water partition coefficient (Wildman–Crippen LogP) is 6.58. The number of thiol groups is 1. The lowest BCUT2D eigenvalue weighted by molar-refractivity contribution is -0.140. The molecule has 0 spiro atoms. The highest BCUT2D eigenvalue weighted by Gasteiger charge is 1.99. The summed E-state index contributed by atoms with van der Waals surface area (Å²) >= 11 is 10.7. The van der Waals surface area contributed by atoms with Gasteiger partial charge in [-0.25, -0.2) is 0 Å². The number of carboxylic acids is 1. The molecular weight excluding hydrogens is 332 g/mol. The Labute approximate surface area is 152 Å². The van der Waals surface area contributed by atoms with Crippen molar-refractivity contribution in [3.63, 3.8) is 0 Å². The van der Waals surface area contributed by atoms with Gasteiger partial charge in [0.15, 0.2) is 0 Å². The van der Waals surface area contributed by atoms with E-state index in [1.165, 1.54) is 64.2 Å². The average Bonchev–Trinajstić information content (AvgIpc) is 2.45. The van der Waals surface area contributed by atoms with Crippen LogP contribution in [0.4, 0.5) is 0 Å². The van der Waals surface area contributed by atoms with Crippen LogP contribution in [0.3, 0.4) is 0 Å². The van der Waals surface area contributed by atoms with Crippen molar-refractivity contribution in [1.29, 1.82) is 0 Å². The Hall–Kier alpha value is 0.260. The summed E-state index contributed by atoms with van der Waals surface area (Å²) in [4.78, 5) is 9.70. The van der Waals surface area contributed by atoms with Gasteiger partial charge in [-0.15, -0.1) is 24.4 Å². The van der Waals surface area contributed by atoms with Gasteiger partial charge in [0.1, 0.15) is 3.53 Å². The molecule has 0 amide bonds. The minimum atomic E-state index is -0.741. The van der Waals surface area contributed by atoms with Crippen molar-refractivity contribution >= 4 is 46.1 Å². The number of unbranched alkanes of at least 4 members (excludes halogenated alkanes) is 9. The molecule has 0 saturated heterocycles. The van der Waals surface area contributed by atoms with E-state index in [9.17, 15) is 4.79 Å². The van der Waals surface area contributed by atoms with Crippen LogP contribution in [0, 0.1) is 5.92 Å². The monoisotopic (exact) mass is 366 g/mol. The number of carbonyl (C=O) groups is 1. The van der Waals surface area contributed by atoms with Crippen molar-refractivity contribution < 1.29 is 9.90 Å². The van der Waals surface area contributed by atoms with Gasteiger partial charge in [0.2, 0.25) is 0 Å². The highest BCUT2D eigenvalue weighted by molar-refractivity contribution is 8.41. The van der Waals surface area contributed by atoms with Crippen LogP contribution in [0.15, 0.2) is 0 Å². The van der Waals surface area contributed by atoms with E-state index in [0.29, 0.717) is 0 Å². The number of hydrogen-bond acceptors (Lipinski definition) is 3. The predicted molar refractivity (Wildman–Crippen MR) is 108 cm³/mol. The van der Waals surface area contributed by atoms with Gasteiger partial charge in [-0.2, -0.15) is 0 Å². The van der Waals surface area contributed by atoms with Gasteiger partial charge < -0.3 is 5.11 Å². The molecule has 132 valence electrons. The normalized spacial score (nSPS) is 10.2. The number of aliphatic carboxylic acids is 1.